The van der Waals surface area contributed by atoms with Crippen molar-refractivity contribution in [1.29, 1.82) is 0 Å². The number of carbonyl (C=O) groups is 2. The van der Waals surface area contributed by atoms with Gasteiger partial charge in [0.25, 0.3) is 5.91 Å². The average molecular weight is 214 g/mol. The Morgan fingerprint density at radius 2 is 2.33 bits per heavy atom. The third-order valence-electron chi connectivity index (χ3n) is 1.62. The van der Waals surface area contributed by atoms with Gasteiger partial charge in [-0.15, -0.1) is 0 Å². The average Bonchev–Trinajstić information content (AvgIpc) is 2.70. The van der Waals surface area contributed by atoms with Crippen LogP contribution in [0.2, 0.25) is 0 Å². The van der Waals surface area contributed by atoms with Crippen LogP contribution < -0.4 is 5.32 Å². The van der Waals surface area contributed by atoms with Gasteiger partial charge in [-0.05, 0) is 0 Å². The minimum absolute atomic E-state index is 0.0415. The van der Waals surface area contributed by atoms with Gasteiger partial charge in [-0.2, -0.15) is 5.10 Å². The molecule has 0 aliphatic carbocycles. The van der Waals surface area contributed by atoms with Gasteiger partial charge < -0.3 is 15.5 Å². The van der Waals surface area contributed by atoms with Crippen LogP contribution in [0.15, 0.2) is 6.33 Å². The van der Waals surface area contributed by atoms with E-state index in [9.17, 15) is 9.59 Å². The maximum atomic E-state index is 11.2. The van der Waals surface area contributed by atoms with Crippen LogP contribution >= 0.6 is 0 Å². The minimum Gasteiger partial charge on any atom is -0.479 e. The number of carbonyl (C=O) groups excluding carboxylic acids is 1. The van der Waals surface area contributed by atoms with Crippen molar-refractivity contribution >= 4 is 11.9 Å². The number of nitrogens with zero attached hydrogens (tertiary/aromatic N) is 2. The number of aromatic amines is 1. The lowest BCUT2D eigenvalue weighted by atomic mass is 10.2. The summed E-state index contributed by atoms with van der Waals surface area (Å²) in [5, 5.41) is 25.4. The molecule has 0 aromatic carbocycles. The van der Waals surface area contributed by atoms with E-state index in [4.69, 9.17) is 10.2 Å². The number of aliphatic hydroxyl groups is 1. The van der Waals surface area contributed by atoms with Crippen LogP contribution in [-0.2, 0) is 4.79 Å². The zero-order chi connectivity index (χ0) is 11.3. The maximum absolute atomic E-state index is 11.2. The van der Waals surface area contributed by atoms with E-state index in [0.717, 1.165) is 0 Å². The Labute approximate surface area is 84.3 Å². The third kappa shape index (κ3) is 3.35. The van der Waals surface area contributed by atoms with Crippen molar-refractivity contribution < 1.29 is 19.8 Å². The summed E-state index contributed by atoms with van der Waals surface area (Å²) in [5.74, 6) is -1.77. The molecule has 1 unspecified atom stereocenters. The van der Waals surface area contributed by atoms with E-state index >= 15 is 0 Å². The number of amides is 1. The molecule has 8 heteroatoms. The molecule has 15 heavy (non-hydrogen) atoms. The van der Waals surface area contributed by atoms with Crippen molar-refractivity contribution in [1.82, 2.24) is 20.5 Å². The second kappa shape index (κ2) is 5.05. The van der Waals surface area contributed by atoms with Gasteiger partial charge in [-0.25, -0.2) is 9.78 Å². The van der Waals surface area contributed by atoms with Gasteiger partial charge in [0.05, 0.1) is 0 Å². The minimum atomic E-state index is -1.47. The van der Waals surface area contributed by atoms with Crippen molar-refractivity contribution in [2.45, 2.75) is 12.5 Å². The number of aliphatic carboxylic acids is 1. The van der Waals surface area contributed by atoms with E-state index < -0.39 is 18.0 Å². The van der Waals surface area contributed by atoms with Crippen molar-refractivity contribution in [2.75, 3.05) is 6.54 Å². The van der Waals surface area contributed by atoms with Crippen molar-refractivity contribution in [3.63, 3.8) is 0 Å². The van der Waals surface area contributed by atoms with E-state index in [1.54, 1.807) is 0 Å². The Morgan fingerprint density at radius 3 is 2.87 bits per heavy atom. The molecule has 0 radical (unpaired) electrons. The molecule has 0 bridgehead atoms. The lowest BCUT2D eigenvalue weighted by molar-refractivity contribution is -0.146. The summed E-state index contributed by atoms with van der Waals surface area (Å²) in [5.41, 5.74) is 0. The first-order valence-electron chi connectivity index (χ1n) is 4.15. The molecule has 1 aromatic rings. The number of nitrogens with one attached hydrogen (secondary N) is 2. The second-order valence-corrected chi connectivity index (χ2v) is 2.73. The summed E-state index contributed by atoms with van der Waals surface area (Å²) in [6.45, 7) is 0.0486. The number of hydrogen-bond donors (Lipinski definition) is 4. The number of carboxylic acid groups (broad SMARTS) is 1. The highest BCUT2D eigenvalue weighted by Gasteiger charge is 2.14. The fourth-order valence-electron chi connectivity index (χ4n) is 0.844. The van der Waals surface area contributed by atoms with Gasteiger partial charge in [0, 0.05) is 13.0 Å². The van der Waals surface area contributed by atoms with Crippen LogP contribution in [0.3, 0.4) is 0 Å². The summed E-state index contributed by atoms with van der Waals surface area (Å²) in [6, 6.07) is 0. The van der Waals surface area contributed by atoms with Gasteiger partial charge >= 0.3 is 5.97 Å². The summed E-state index contributed by atoms with van der Waals surface area (Å²) in [4.78, 5) is 25.0. The predicted octanol–water partition coefficient (Wildman–Crippen LogP) is -1.63. The van der Waals surface area contributed by atoms with Gasteiger partial charge in [0.1, 0.15) is 6.33 Å². The van der Waals surface area contributed by atoms with Crippen molar-refractivity contribution in [2.24, 2.45) is 0 Å². The molecule has 0 saturated heterocycles. The molecule has 1 rings (SSSR count). The van der Waals surface area contributed by atoms with E-state index in [0.29, 0.717) is 0 Å². The fraction of sp³-hybridized carbons (Fsp3) is 0.429. The van der Waals surface area contributed by atoms with Crippen LogP contribution in [0.1, 0.15) is 17.0 Å². The first-order chi connectivity index (χ1) is 7.11. The third-order valence-corrected chi connectivity index (χ3v) is 1.62. The van der Waals surface area contributed by atoms with Crippen molar-refractivity contribution in [3.05, 3.63) is 12.2 Å². The van der Waals surface area contributed by atoms with Crippen LogP contribution in [0.25, 0.3) is 0 Å². The van der Waals surface area contributed by atoms with Gasteiger partial charge in [0.2, 0.25) is 5.82 Å². The quantitative estimate of drug-likeness (QED) is 0.466. The topological polar surface area (TPSA) is 128 Å². The summed E-state index contributed by atoms with van der Waals surface area (Å²) < 4.78 is 0. The van der Waals surface area contributed by atoms with E-state index in [1.807, 2.05) is 0 Å². The molecule has 0 aliphatic heterocycles. The molecule has 1 heterocycles. The molecule has 1 aromatic heterocycles. The molecule has 0 spiro atoms. The zero-order valence-corrected chi connectivity index (χ0v) is 7.67. The Bertz CT molecular complexity index is 337. The molecule has 0 saturated carbocycles. The van der Waals surface area contributed by atoms with Gasteiger partial charge in [-0.3, -0.25) is 9.89 Å². The smallest absolute Gasteiger partial charge is 0.332 e. The lowest BCUT2D eigenvalue weighted by Gasteiger charge is -2.05. The Kier molecular flexibility index (Phi) is 3.75. The van der Waals surface area contributed by atoms with Crippen LogP contribution in [0, 0.1) is 0 Å². The molecule has 1 amide bonds. The number of aromatic nitrogens is 3. The Balaban J connectivity index is 2.27. The van der Waals surface area contributed by atoms with Crippen LogP contribution in [0.4, 0.5) is 0 Å². The van der Waals surface area contributed by atoms with Crippen LogP contribution in [0.5, 0.6) is 0 Å². The SMILES string of the molecule is O=C(NCCC(O)C(=O)O)c1ncn[nH]1. The molecule has 0 aliphatic rings. The molecule has 8 nitrogen and oxygen atoms in total. The first kappa shape index (κ1) is 11.1. The molecular weight excluding hydrogens is 204 g/mol. The number of carboxylic acids is 1. The normalized spacial score (nSPS) is 12.1. The lowest BCUT2D eigenvalue weighted by Crippen LogP contribution is -2.30. The van der Waals surface area contributed by atoms with E-state index in [-0.39, 0.29) is 18.8 Å². The van der Waals surface area contributed by atoms with Gasteiger partial charge in [0.15, 0.2) is 6.10 Å². The summed E-state index contributed by atoms with van der Waals surface area (Å²) >= 11 is 0. The van der Waals surface area contributed by atoms with Gasteiger partial charge in [-0.1, -0.05) is 0 Å². The Morgan fingerprint density at radius 1 is 1.60 bits per heavy atom. The highest BCUT2D eigenvalue weighted by atomic mass is 16.4. The number of H-pyrrole nitrogens is 1. The maximum Gasteiger partial charge on any atom is 0.332 e. The van der Waals surface area contributed by atoms with Crippen LogP contribution in [-0.4, -0.2) is 49.9 Å². The van der Waals surface area contributed by atoms with Crippen molar-refractivity contribution in [3.8, 4) is 0 Å². The molecular formula is C7H10N4O4. The molecule has 0 fully saturated rings. The highest BCUT2D eigenvalue weighted by molar-refractivity contribution is 5.90. The molecule has 1 atom stereocenters. The highest BCUT2D eigenvalue weighted by Crippen LogP contribution is 1.91. The fourth-order valence-corrected chi connectivity index (χ4v) is 0.844. The standard InChI is InChI=1S/C7H10N4O4/c12-4(7(14)15)1-2-8-6(13)5-9-3-10-11-5/h3-4,12H,1-2H2,(H,8,13)(H,14,15)(H,9,10,11). The monoisotopic (exact) mass is 214 g/mol. The molecule has 4 N–H and O–H groups in total. The largest absolute Gasteiger partial charge is 0.479 e. The zero-order valence-electron chi connectivity index (χ0n) is 7.67. The summed E-state index contributed by atoms with van der Waals surface area (Å²) in [6.07, 6.45) is -0.351. The van der Waals surface area contributed by atoms with E-state index in [2.05, 4.69) is 20.5 Å². The summed E-state index contributed by atoms with van der Waals surface area (Å²) in [7, 11) is 0. The number of aliphatic hydroxyl groups excluding tert-OH is 1. The predicted molar refractivity (Wildman–Crippen MR) is 47.0 cm³/mol. The second-order valence-electron chi connectivity index (χ2n) is 2.73. The van der Waals surface area contributed by atoms with E-state index in [1.165, 1.54) is 6.33 Å². The first-order valence-corrected chi connectivity index (χ1v) is 4.15. The Hall–Kier alpha value is -1.96. The molecule has 82 valence electrons. The number of rotatable bonds is 5. The number of hydrogen-bond acceptors (Lipinski definition) is 5.